The zero-order valence-electron chi connectivity index (χ0n) is 12.1. The predicted octanol–water partition coefficient (Wildman–Crippen LogP) is 2.49. The van der Waals surface area contributed by atoms with Crippen molar-refractivity contribution in [2.75, 3.05) is 7.11 Å². The van der Waals surface area contributed by atoms with Gasteiger partial charge in [-0.05, 0) is 24.3 Å². The Balaban J connectivity index is 2.30. The van der Waals surface area contributed by atoms with E-state index in [1.165, 1.54) is 37.5 Å². The average Bonchev–Trinajstić information content (AvgIpc) is 2.55. The number of thioether (sulfide) groups is 1. The number of nitrogens with zero attached hydrogens (tertiary/aromatic N) is 1. The summed E-state index contributed by atoms with van der Waals surface area (Å²) in [7, 11) is 1.49. The molecule has 23 heavy (non-hydrogen) atoms. The highest BCUT2D eigenvalue weighted by Crippen LogP contribution is 2.31. The molecule has 0 heterocycles. The number of para-hydroxylation sites is 1. The van der Waals surface area contributed by atoms with Crippen LogP contribution in [-0.4, -0.2) is 18.0 Å². The Kier molecular flexibility index (Phi) is 5.37. The lowest BCUT2D eigenvalue weighted by molar-refractivity contribution is -0.384. The predicted molar refractivity (Wildman–Crippen MR) is 84.9 cm³/mol. The lowest BCUT2D eigenvalue weighted by Crippen LogP contribution is -2.23. The van der Waals surface area contributed by atoms with E-state index in [-0.39, 0.29) is 10.6 Å². The van der Waals surface area contributed by atoms with Gasteiger partial charge >= 0.3 is 0 Å². The van der Waals surface area contributed by atoms with Crippen LogP contribution < -0.4 is 9.84 Å². The maximum Gasteiger partial charge on any atom is 0.269 e. The second kappa shape index (κ2) is 7.46. The van der Waals surface area contributed by atoms with E-state index in [0.29, 0.717) is 16.2 Å². The number of methoxy groups -OCH3 is 1. The van der Waals surface area contributed by atoms with Gasteiger partial charge < -0.3 is 14.6 Å². The van der Waals surface area contributed by atoms with Gasteiger partial charge in [-0.1, -0.05) is 30.0 Å². The van der Waals surface area contributed by atoms with Gasteiger partial charge in [-0.25, -0.2) is 0 Å². The van der Waals surface area contributed by atoms with Crippen LogP contribution >= 0.6 is 11.8 Å². The number of nitro groups is 1. The largest absolute Gasteiger partial charge is 0.544 e. The van der Waals surface area contributed by atoms with Gasteiger partial charge in [0, 0.05) is 27.5 Å². The van der Waals surface area contributed by atoms with Crippen molar-refractivity contribution in [3.05, 3.63) is 69.1 Å². The number of non-ortho nitro benzene ring substituents is 1. The zero-order valence-corrected chi connectivity index (χ0v) is 12.9. The molecule has 0 unspecified atom stereocenters. The number of carboxylic acids is 1. The monoisotopic (exact) mass is 330 g/mol. The van der Waals surface area contributed by atoms with E-state index in [1.807, 2.05) is 0 Å². The number of hydrogen-bond acceptors (Lipinski definition) is 6. The molecule has 0 N–H and O–H groups in total. The molecule has 0 aliphatic heterocycles. The fraction of sp³-hybridized carbons (Fsp3) is 0.0625. The topological polar surface area (TPSA) is 92.5 Å². The van der Waals surface area contributed by atoms with E-state index < -0.39 is 10.9 Å². The Labute approximate surface area is 136 Å². The molecule has 118 valence electrons. The molecule has 0 aliphatic carbocycles. The van der Waals surface area contributed by atoms with Crippen LogP contribution in [0, 0.1) is 10.1 Å². The number of carboxylic acid groups (broad SMARTS) is 1. The second-order valence-electron chi connectivity index (χ2n) is 4.39. The number of benzene rings is 2. The van der Waals surface area contributed by atoms with Gasteiger partial charge in [0.05, 0.1) is 18.0 Å². The maximum atomic E-state index is 11.3. The summed E-state index contributed by atoms with van der Waals surface area (Å²) in [6.45, 7) is 0. The van der Waals surface area contributed by atoms with Crippen molar-refractivity contribution in [1.29, 1.82) is 0 Å². The van der Waals surface area contributed by atoms with Crippen LogP contribution in [0.2, 0.25) is 0 Å². The van der Waals surface area contributed by atoms with Gasteiger partial charge in [-0.2, -0.15) is 0 Å². The fourth-order valence-corrected chi connectivity index (χ4v) is 2.62. The number of carbonyl (C=O) groups excluding carboxylic acids is 1. The SMILES string of the molecule is COc1ccccc1/C=C(/Sc1ccc([N+](=O)[O-])cc1)C(=O)[O-]. The Morgan fingerprint density at radius 1 is 1.17 bits per heavy atom. The van der Waals surface area contributed by atoms with E-state index in [2.05, 4.69) is 0 Å². The standard InChI is InChI=1S/C16H13NO5S/c1-22-14-5-3-2-4-11(14)10-15(16(18)19)23-13-8-6-12(7-9-13)17(20)21/h2-10H,1H3,(H,18,19)/p-1/b15-10+. The molecule has 0 radical (unpaired) electrons. The quantitative estimate of drug-likeness (QED) is 0.350. The first-order chi connectivity index (χ1) is 11.0. The highest BCUT2D eigenvalue weighted by atomic mass is 32.2. The van der Waals surface area contributed by atoms with Crippen molar-refractivity contribution in [3.63, 3.8) is 0 Å². The summed E-state index contributed by atoms with van der Waals surface area (Å²) in [5.41, 5.74) is 0.543. The van der Waals surface area contributed by atoms with Crippen LogP contribution in [0.1, 0.15) is 5.56 Å². The van der Waals surface area contributed by atoms with Gasteiger partial charge in [0.2, 0.25) is 0 Å². The van der Waals surface area contributed by atoms with E-state index in [4.69, 9.17) is 4.74 Å². The number of carbonyl (C=O) groups is 1. The van der Waals surface area contributed by atoms with Gasteiger partial charge in [0.25, 0.3) is 5.69 Å². The van der Waals surface area contributed by atoms with E-state index in [1.54, 1.807) is 24.3 Å². The molecule has 0 fully saturated rings. The van der Waals surface area contributed by atoms with Crippen LogP contribution in [0.4, 0.5) is 5.69 Å². The summed E-state index contributed by atoms with van der Waals surface area (Å²) >= 11 is 0.952. The van der Waals surface area contributed by atoms with E-state index in [9.17, 15) is 20.0 Å². The van der Waals surface area contributed by atoms with Crippen LogP contribution in [-0.2, 0) is 4.79 Å². The minimum absolute atomic E-state index is 0.0247. The highest BCUT2D eigenvalue weighted by molar-refractivity contribution is 8.04. The molecule has 0 bridgehead atoms. The molecule has 0 amide bonds. The van der Waals surface area contributed by atoms with Crippen LogP contribution in [0.3, 0.4) is 0 Å². The summed E-state index contributed by atoms with van der Waals surface area (Å²) in [4.78, 5) is 22.0. The second-order valence-corrected chi connectivity index (χ2v) is 5.51. The zero-order chi connectivity index (χ0) is 16.8. The molecule has 0 atom stereocenters. The lowest BCUT2D eigenvalue weighted by atomic mass is 10.2. The Morgan fingerprint density at radius 2 is 1.83 bits per heavy atom. The number of aliphatic carboxylic acids is 1. The maximum absolute atomic E-state index is 11.3. The Hall–Kier alpha value is -2.80. The molecule has 0 saturated carbocycles. The summed E-state index contributed by atoms with van der Waals surface area (Å²) in [5, 5.41) is 22.0. The van der Waals surface area contributed by atoms with Gasteiger partial charge in [0.1, 0.15) is 5.75 Å². The van der Waals surface area contributed by atoms with Gasteiger partial charge in [0.15, 0.2) is 0 Å². The first-order valence-corrected chi connectivity index (χ1v) is 7.31. The molecule has 0 saturated heterocycles. The third-order valence-electron chi connectivity index (χ3n) is 2.90. The number of nitro benzene ring substituents is 1. The molecule has 2 rings (SSSR count). The Morgan fingerprint density at radius 3 is 2.39 bits per heavy atom. The van der Waals surface area contributed by atoms with Crippen LogP contribution in [0.5, 0.6) is 5.75 Å². The summed E-state index contributed by atoms with van der Waals surface area (Å²) in [6, 6.07) is 12.6. The number of rotatable bonds is 6. The van der Waals surface area contributed by atoms with Gasteiger partial charge in [-0.3, -0.25) is 10.1 Å². The molecule has 2 aromatic carbocycles. The lowest BCUT2D eigenvalue weighted by Gasteiger charge is -2.10. The normalized spacial score (nSPS) is 11.1. The molecule has 6 nitrogen and oxygen atoms in total. The Bertz CT molecular complexity index is 755. The van der Waals surface area contributed by atoms with Crippen molar-refractivity contribution in [1.82, 2.24) is 0 Å². The molecule has 0 aromatic heterocycles. The molecule has 2 aromatic rings. The van der Waals surface area contributed by atoms with Gasteiger partial charge in [-0.15, -0.1) is 0 Å². The van der Waals surface area contributed by atoms with E-state index in [0.717, 1.165) is 11.8 Å². The van der Waals surface area contributed by atoms with Crippen molar-refractivity contribution >= 4 is 29.5 Å². The number of ether oxygens (including phenoxy) is 1. The van der Waals surface area contributed by atoms with Crippen LogP contribution in [0.25, 0.3) is 6.08 Å². The average molecular weight is 330 g/mol. The summed E-state index contributed by atoms with van der Waals surface area (Å²) in [6.07, 6.45) is 1.44. The smallest absolute Gasteiger partial charge is 0.269 e. The minimum Gasteiger partial charge on any atom is -0.544 e. The number of hydrogen-bond donors (Lipinski definition) is 0. The fourth-order valence-electron chi connectivity index (χ4n) is 1.82. The van der Waals surface area contributed by atoms with Crippen molar-refractivity contribution in [2.24, 2.45) is 0 Å². The first-order valence-electron chi connectivity index (χ1n) is 6.49. The highest BCUT2D eigenvalue weighted by Gasteiger charge is 2.08. The first kappa shape index (κ1) is 16.6. The van der Waals surface area contributed by atoms with Crippen molar-refractivity contribution in [2.45, 2.75) is 4.90 Å². The van der Waals surface area contributed by atoms with Crippen molar-refractivity contribution < 1.29 is 19.6 Å². The third-order valence-corrected chi connectivity index (χ3v) is 3.91. The summed E-state index contributed by atoms with van der Waals surface area (Å²) in [5.74, 6) is -0.796. The van der Waals surface area contributed by atoms with E-state index >= 15 is 0 Å². The minimum atomic E-state index is -1.33. The molecular formula is C16H12NO5S-. The molecule has 0 spiro atoms. The van der Waals surface area contributed by atoms with Crippen molar-refractivity contribution in [3.8, 4) is 5.75 Å². The molecule has 0 aliphatic rings. The van der Waals surface area contributed by atoms with Crippen LogP contribution in [0.15, 0.2) is 58.3 Å². The summed E-state index contributed by atoms with van der Waals surface area (Å²) < 4.78 is 5.18. The molecule has 7 heteroatoms. The third kappa shape index (κ3) is 4.33. The molecular weight excluding hydrogens is 318 g/mol.